The van der Waals surface area contributed by atoms with Gasteiger partial charge in [-0.1, -0.05) is 11.8 Å². The van der Waals surface area contributed by atoms with Crippen molar-refractivity contribution in [3.63, 3.8) is 0 Å². The zero-order chi connectivity index (χ0) is 18.9. The minimum atomic E-state index is -4.99. The molecule has 0 radical (unpaired) electrons. The van der Waals surface area contributed by atoms with E-state index in [9.17, 15) is 37.5 Å². The summed E-state index contributed by atoms with van der Waals surface area (Å²) in [6.07, 6.45) is -4.99. The number of ether oxygens (including phenoxy) is 1. The summed E-state index contributed by atoms with van der Waals surface area (Å²) >= 11 is 1.15. The molecular formula is C13H12F3NO6S2. The second kappa shape index (κ2) is 7.28. The largest absolute Gasteiger partial charge is 0.477 e. The molecular weight excluding hydrogens is 387 g/mol. The monoisotopic (exact) mass is 399 g/mol. The summed E-state index contributed by atoms with van der Waals surface area (Å²) in [5, 5.41) is 6.66. The number of carbonyl (C=O) groups is 4. The molecule has 7 nitrogen and oxygen atoms in total. The highest BCUT2D eigenvalue weighted by Gasteiger charge is 2.54. The average molecular weight is 399 g/mol. The van der Waals surface area contributed by atoms with Crippen LogP contribution in [0.4, 0.5) is 13.2 Å². The first-order valence-electron chi connectivity index (χ1n) is 6.81. The number of amides is 1. The number of thioether (sulfide) groups is 2. The summed E-state index contributed by atoms with van der Waals surface area (Å²) in [5.74, 6) is -3.78. The van der Waals surface area contributed by atoms with Crippen molar-refractivity contribution in [2.45, 2.75) is 18.5 Å². The van der Waals surface area contributed by atoms with E-state index in [0.717, 1.165) is 23.6 Å². The van der Waals surface area contributed by atoms with Crippen molar-refractivity contribution in [1.82, 2.24) is 4.90 Å². The maximum atomic E-state index is 12.2. The van der Waals surface area contributed by atoms with Gasteiger partial charge in [0.05, 0.1) is 11.3 Å². The first-order chi connectivity index (χ1) is 11.5. The third-order valence-electron chi connectivity index (χ3n) is 3.44. The quantitative estimate of drug-likeness (QED) is 0.544. The Balaban J connectivity index is 2.09. The molecule has 1 saturated heterocycles. The van der Waals surface area contributed by atoms with Crippen LogP contribution in [0.3, 0.4) is 0 Å². The number of β-lactam (4-membered cyclic amide) rings is 1. The van der Waals surface area contributed by atoms with Gasteiger partial charge in [0.2, 0.25) is 5.91 Å². The predicted molar refractivity (Wildman–Crippen MR) is 81.4 cm³/mol. The lowest BCUT2D eigenvalue weighted by atomic mass is 9.97. The number of fused-ring (bicyclic) bond motifs is 1. The molecule has 2 aliphatic rings. The van der Waals surface area contributed by atoms with E-state index in [2.05, 4.69) is 0 Å². The topological polar surface area (TPSA) is 101 Å². The SMILES string of the molecule is CC(=O)OCC1=C(C(=O)O)N2C(=O)[C@H](CSC(=O)C(F)(F)F)[C@H]2SC1. The van der Waals surface area contributed by atoms with Crippen molar-refractivity contribution in [3.8, 4) is 0 Å². The maximum absolute atomic E-state index is 12.2. The fourth-order valence-corrected chi connectivity index (χ4v) is 4.67. The minimum absolute atomic E-state index is 0.00621. The number of carbonyl (C=O) groups excluding carboxylic acids is 3. The molecule has 12 heteroatoms. The highest BCUT2D eigenvalue weighted by atomic mass is 32.2. The Morgan fingerprint density at radius 1 is 1.40 bits per heavy atom. The van der Waals surface area contributed by atoms with Gasteiger partial charge in [-0.2, -0.15) is 13.2 Å². The van der Waals surface area contributed by atoms with Crippen LogP contribution in [-0.4, -0.2) is 62.6 Å². The van der Waals surface area contributed by atoms with Crippen molar-refractivity contribution in [2.24, 2.45) is 5.92 Å². The lowest BCUT2D eigenvalue weighted by Crippen LogP contribution is -2.62. The molecule has 1 fully saturated rings. The van der Waals surface area contributed by atoms with Gasteiger partial charge in [-0.25, -0.2) is 4.79 Å². The number of esters is 1. The molecule has 1 amide bonds. The lowest BCUT2D eigenvalue weighted by Gasteiger charge is -2.49. The predicted octanol–water partition coefficient (Wildman–Crippen LogP) is 1.24. The number of alkyl halides is 3. The van der Waals surface area contributed by atoms with Crippen molar-refractivity contribution in [1.29, 1.82) is 0 Å². The second-order valence-electron chi connectivity index (χ2n) is 5.15. The summed E-state index contributed by atoms with van der Waals surface area (Å²) in [5.41, 5.74) is -0.0897. The van der Waals surface area contributed by atoms with Crippen LogP contribution in [0.15, 0.2) is 11.3 Å². The smallest absolute Gasteiger partial charge is 0.460 e. The van der Waals surface area contributed by atoms with Gasteiger partial charge in [-0.3, -0.25) is 19.3 Å². The molecule has 0 bridgehead atoms. The van der Waals surface area contributed by atoms with E-state index >= 15 is 0 Å². The lowest BCUT2D eigenvalue weighted by molar-refractivity contribution is -0.160. The van der Waals surface area contributed by atoms with E-state index in [1.54, 1.807) is 0 Å². The molecule has 1 N–H and O–H groups in total. The highest BCUT2D eigenvalue weighted by molar-refractivity contribution is 8.13. The molecule has 2 rings (SSSR count). The molecule has 0 spiro atoms. The summed E-state index contributed by atoms with van der Waals surface area (Å²) in [4.78, 5) is 46.3. The number of aliphatic carboxylic acids is 1. The van der Waals surface area contributed by atoms with Gasteiger partial charge in [-0.15, -0.1) is 11.8 Å². The summed E-state index contributed by atoms with van der Waals surface area (Å²) in [6, 6.07) is 0. The number of nitrogens with zero attached hydrogens (tertiary/aromatic N) is 1. The maximum Gasteiger partial charge on any atom is 0.460 e. The Hall–Kier alpha value is -1.69. The van der Waals surface area contributed by atoms with E-state index in [1.807, 2.05) is 0 Å². The van der Waals surface area contributed by atoms with Crippen molar-refractivity contribution in [3.05, 3.63) is 11.3 Å². The molecule has 0 saturated carbocycles. The Bertz CT molecular complexity index is 663. The summed E-state index contributed by atoms with van der Waals surface area (Å²) in [7, 11) is 0. The standard InChI is InChI=1S/C13H12F3NO6S2/c1-5(18)23-2-6-3-24-10-7(4-25-12(22)13(14,15)16)9(19)17(10)8(6)11(20)21/h7,10H,2-4H2,1H3,(H,20,21)/t7-,10+/m0/s1. The fraction of sp³-hybridized carbons (Fsp3) is 0.538. The first kappa shape index (κ1) is 19.6. The number of hydrogen-bond donors (Lipinski definition) is 1. The van der Waals surface area contributed by atoms with Gasteiger partial charge < -0.3 is 9.84 Å². The van der Waals surface area contributed by atoms with E-state index in [0.29, 0.717) is 0 Å². The van der Waals surface area contributed by atoms with Crippen LogP contribution in [0.2, 0.25) is 0 Å². The number of halogens is 3. The Kier molecular flexibility index (Phi) is 5.72. The van der Waals surface area contributed by atoms with Gasteiger partial charge >= 0.3 is 18.1 Å². The Morgan fingerprint density at radius 3 is 2.56 bits per heavy atom. The Labute approximate surface area is 147 Å². The number of carboxylic acids is 1. The Morgan fingerprint density at radius 2 is 2.04 bits per heavy atom. The molecule has 0 aromatic heterocycles. The second-order valence-corrected chi connectivity index (χ2v) is 7.25. The minimum Gasteiger partial charge on any atom is -0.477 e. The van der Waals surface area contributed by atoms with Crippen molar-refractivity contribution >= 4 is 46.5 Å². The number of carboxylic acid groups (broad SMARTS) is 1. The van der Waals surface area contributed by atoms with Gasteiger partial charge in [0, 0.05) is 24.0 Å². The third kappa shape index (κ3) is 4.11. The average Bonchev–Trinajstić information content (AvgIpc) is 2.50. The van der Waals surface area contributed by atoms with Crippen LogP contribution < -0.4 is 0 Å². The number of rotatable bonds is 5. The molecule has 0 aliphatic carbocycles. The third-order valence-corrected chi connectivity index (χ3v) is 5.85. The molecule has 2 aliphatic heterocycles. The van der Waals surface area contributed by atoms with E-state index in [4.69, 9.17) is 4.74 Å². The van der Waals surface area contributed by atoms with Crippen LogP contribution in [0, 0.1) is 5.92 Å². The highest BCUT2D eigenvalue weighted by Crippen LogP contribution is 2.45. The number of hydrogen-bond acceptors (Lipinski definition) is 7. The van der Waals surface area contributed by atoms with Gasteiger partial charge in [0.25, 0.3) is 5.12 Å². The molecule has 0 aromatic carbocycles. The van der Waals surface area contributed by atoms with Crippen LogP contribution in [-0.2, 0) is 23.9 Å². The van der Waals surface area contributed by atoms with E-state index < -0.39 is 40.4 Å². The summed E-state index contributed by atoms with van der Waals surface area (Å²) < 4.78 is 41.4. The van der Waals surface area contributed by atoms with Crippen molar-refractivity contribution in [2.75, 3.05) is 18.1 Å². The molecule has 2 heterocycles. The zero-order valence-corrected chi connectivity index (χ0v) is 14.3. The molecule has 25 heavy (non-hydrogen) atoms. The zero-order valence-electron chi connectivity index (χ0n) is 12.7. The van der Waals surface area contributed by atoms with Crippen molar-refractivity contribution < 1.29 is 42.2 Å². The van der Waals surface area contributed by atoms with E-state index in [-0.39, 0.29) is 41.1 Å². The van der Waals surface area contributed by atoms with Gasteiger partial charge in [0.15, 0.2) is 0 Å². The van der Waals surface area contributed by atoms with Crippen LogP contribution in [0.25, 0.3) is 0 Å². The summed E-state index contributed by atoms with van der Waals surface area (Å²) in [6.45, 7) is 0.867. The molecule has 138 valence electrons. The fourth-order valence-electron chi connectivity index (χ4n) is 2.33. The van der Waals surface area contributed by atoms with Gasteiger partial charge in [-0.05, 0) is 0 Å². The van der Waals surface area contributed by atoms with Gasteiger partial charge in [0.1, 0.15) is 12.3 Å². The van der Waals surface area contributed by atoms with E-state index in [1.165, 1.54) is 0 Å². The van der Waals surface area contributed by atoms with Crippen LogP contribution >= 0.6 is 23.5 Å². The normalized spacial score (nSPS) is 23.0. The molecule has 0 unspecified atom stereocenters. The van der Waals surface area contributed by atoms with Crippen LogP contribution in [0.5, 0.6) is 0 Å². The molecule has 0 aromatic rings. The van der Waals surface area contributed by atoms with Crippen LogP contribution in [0.1, 0.15) is 6.92 Å². The molecule has 2 atom stereocenters. The first-order valence-corrected chi connectivity index (χ1v) is 8.84.